The van der Waals surface area contributed by atoms with Gasteiger partial charge in [0.15, 0.2) is 13.6 Å². The van der Waals surface area contributed by atoms with Crippen LogP contribution < -0.4 is 9.47 Å². The summed E-state index contributed by atoms with van der Waals surface area (Å²) in [6.45, 7) is 2.61. The van der Waals surface area contributed by atoms with E-state index >= 15 is 0 Å². The molecule has 122 valence electrons. The minimum atomic E-state index is 0.234. The second-order valence-corrected chi connectivity index (χ2v) is 5.69. The summed E-state index contributed by atoms with van der Waals surface area (Å²) in [5, 5.41) is 2.09. The van der Waals surface area contributed by atoms with Crippen LogP contribution in [0.2, 0.25) is 0 Å². The normalized spacial score (nSPS) is 13.6. The quantitative estimate of drug-likeness (QED) is 0.599. The number of hydrogen-bond acceptors (Lipinski definition) is 4. The van der Waals surface area contributed by atoms with E-state index in [2.05, 4.69) is 25.1 Å². The molecule has 0 radical (unpaired) electrons. The minimum Gasteiger partial charge on any atom is -0.467 e. The van der Waals surface area contributed by atoms with Gasteiger partial charge < -0.3 is 18.9 Å². The van der Waals surface area contributed by atoms with E-state index in [1.807, 2.05) is 12.1 Å². The second-order valence-electron chi connectivity index (χ2n) is 5.69. The molecule has 1 aliphatic rings. The molecule has 0 saturated heterocycles. The van der Waals surface area contributed by atoms with Gasteiger partial charge >= 0.3 is 0 Å². The summed E-state index contributed by atoms with van der Waals surface area (Å²) in [6.07, 6.45) is 3.95. The number of hydrogen-bond donors (Lipinski definition) is 0. The van der Waals surface area contributed by atoms with Crippen LogP contribution in [-0.2, 0) is 22.3 Å². The molecular formula is C19H22O4. The van der Waals surface area contributed by atoms with Crippen LogP contribution in [0.4, 0.5) is 0 Å². The van der Waals surface area contributed by atoms with Gasteiger partial charge in [-0.3, -0.25) is 0 Å². The van der Waals surface area contributed by atoms with Crippen molar-refractivity contribution in [3.05, 3.63) is 47.0 Å². The average molecular weight is 314 g/mol. The first kappa shape index (κ1) is 15.8. The van der Waals surface area contributed by atoms with Crippen molar-refractivity contribution >= 4 is 10.8 Å². The lowest BCUT2D eigenvalue weighted by molar-refractivity contribution is 0.0489. The third-order valence-electron chi connectivity index (χ3n) is 4.08. The number of rotatable bonds is 6. The Labute approximate surface area is 136 Å². The fourth-order valence-electron chi connectivity index (χ4n) is 3.07. The van der Waals surface area contributed by atoms with E-state index in [-0.39, 0.29) is 13.6 Å². The summed E-state index contributed by atoms with van der Waals surface area (Å²) >= 11 is 0. The highest BCUT2D eigenvalue weighted by Crippen LogP contribution is 2.43. The Bertz CT molecular complexity index is 734. The molecule has 0 aromatic heterocycles. The molecule has 4 heteroatoms. The van der Waals surface area contributed by atoms with Crippen molar-refractivity contribution in [1.82, 2.24) is 0 Å². The highest BCUT2D eigenvalue weighted by molar-refractivity contribution is 5.96. The zero-order valence-electron chi connectivity index (χ0n) is 13.8. The van der Waals surface area contributed by atoms with Gasteiger partial charge in [-0.1, -0.05) is 35.9 Å². The fourth-order valence-corrected chi connectivity index (χ4v) is 3.07. The summed E-state index contributed by atoms with van der Waals surface area (Å²) < 4.78 is 22.1. The predicted molar refractivity (Wildman–Crippen MR) is 90.1 cm³/mol. The van der Waals surface area contributed by atoms with E-state index in [0.29, 0.717) is 0 Å². The van der Waals surface area contributed by atoms with Crippen LogP contribution in [0.15, 0.2) is 35.9 Å². The topological polar surface area (TPSA) is 36.9 Å². The third-order valence-corrected chi connectivity index (χ3v) is 4.08. The Morgan fingerprint density at radius 3 is 2.00 bits per heavy atom. The van der Waals surface area contributed by atoms with Crippen LogP contribution in [-0.4, -0.2) is 27.8 Å². The zero-order valence-corrected chi connectivity index (χ0v) is 13.8. The fraction of sp³-hybridized carbons (Fsp3) is 0.368. The molecule has 0 bridgehead atoms. The van der Waals surface area contributed by atoms with Crippen molar-refractivity contribution in [3.63, 3.8) is 0 Å². The van der Waals surface area contributed by atoms with Crippen molar-refractivity contribution in [2.75, 3.05) is 27.8 Å². The number of allylic oxidation sites excluding steroid dienone is 2. The van der Waals surface area contributed by atoms with E-state index in [4.69, 9.17) is 18.9 Å². The molecule has 0 N–H and O–H groups in total. The Morgan fingerprint density at radius 2 is 1.43 bits per heavy atom. The van der Waals surface area contributed by atoms with Crippen molar-refractivity contribution in [3.8, 4) is 11.5 Å². The molecule has 0 amide bonds. The first-order valence-corrected chi connectivity index (χ1v) is 7.71. The van der Waals surface area contributed by atoms with Crippen LogP contribution in [0.5, 0.6) is 11.5 Å². The van der Waals surface area contributed by atoms with Crippen molar-refractivity contribution < 1.29 is 18.9 Å². The molecule has 1 aliphatic carbocycles. The zero-order chi connectivity index (χ0) is 16.2. The summed E-state index contributed by atoms with van der Waals surface area (Å²) in [6, 6.07) is 8.15. The van der Waals surface area contributed by atoms with E-state index in [9.17, 15) is 0 Å². The first-order chi connectivity index (χ1) is 11.3. The van der Waals surface area contributed by atoms with Crippen LogP contribution in [0.1, 0.15) is 18.1 Å². The lowest BCUT2D eigenvalue weighted by Crippen LogP contribution is -2.11. The summed E-state index contributed by atoms with van der Waals surface area (Å²) in [4.78, 5) is 0. The summed E-state index contributed by atoms with van der Waals surface area (Å²) in [5.74, 6) is 1.79. The molecule has 0 spiro atoms. The lowest BCUT2D eigenvalue weighted by atomic mass is 9.87. The van der Waals surface area contributed by atoms with Gasteiger partial charge in [0.05, 0.1) is 0 Å². The molecule has 2 aromatic rings. The molecule has 3 rings (SSSR count). The number of benzene rings is 2. The molecule has 23 heavy (non-hydrogen) atoms. The van der Waals surface area contributed by atoms with Crippen LogP contribution in [0.3, 0.4) is 0 Å². The van der Waals surface area contributed by atoms with Gasteiger partial charge in [0.25, 0.3) is 0 Å². The van der Waals surface area contributed by atoms with Crippen molar-refractivity contribution in [2.24, 2.45) is 0 Å². The van der Waals surface area contributed by atoms with Crippen molar-refractivity contribution in [2.45, 2.75) is 19.8 Å². The molecule has 0 unspecified atom stereocenters. The highest BCUT2D eigenvalue weighted by Gasteiger charge is 2.23. The van der Waals surface area contributed by atoms with E-state index in [1.54, 1.807) is 14.2 Å². The highest BCUT2D eigenvalue weighted by atomic mass is 16.7. The Morgan fingerprint density at radius 1 is 0.870 bits per heavy atom. The molecule has 4 nitrogen and oxygen atoms in total. The van der Waals surface area contributed by atoms with Gasteiger partial charge in [-0.25, -0.2) is 0 Å². The molecule has 0 aliphatic heterocycles. The molecule has 0 fully saturated rings. The van der Waals surface area contributed by atoms with E-state index < -0.39 is 0 Å². The summed E-state index contributed by atoms with van der Waals surface area (Å²) in [7, 11) is 3.27. The van der Waals surface area contributed by atoms with Crippen LogP contribution in [0.25, 0.3) is 10.8 Å². The number of ether oxygens (including phenoxy) is 4. The molecular weight excluding hydrogens is 292 g/mol. The van der Waals surface area contributed by atoms with E-state index in [1.165, 1.54) is 16.7 Å². The van der Waals surface area contributed by atoms with Crippen LogP contribution >= 0.6 is 0 Å². The van der Waals surface area contributed by atoms with Gasteiger partial charge in [0, 0.05) is 36.1 Å². The van der Waals surface area contributed by atoms with Gasteiger partial charge in [-0.2, -0.15) is 0 Å². The second kappa shape index (κ2) is 7.02. The van der Waals surface area contributed by atoms with Crippen molar-refractivity contribution in [1.29, 1.82) is 0 Å². The smallest absolute Gasteiger partial charge is 0.188 e. The first-order valence-electron chi connectivity index (χ1n) is 7.71. The van der Waals surface area contributed by atoms with Crippen LogP contribution in [0, 0.1) is 0 Å². The lowest BCUT2D eigenvalue weighted by Gasteiger charge is -2.24. The van der Waals surface area contributed by atoms with Gasteiger partial charge in [-0.15, -0.1) is 0 Å². The maximum Gasteiger partial charge on any atom is 0.188 e. The Kier molecular flexibility index (Phi) is 4.84. The maximum atomic E-state index is 5.94. The molecule has 2 aromatic carbocycles. The molecule has 0 atom stereocenters. The Hall–Kier alpha value is -2.04. The standard InChI is InChI=1S/C19H22O4/c1-13-8-9-16-17(10-13)19(23-12-21-3)15-7-5-4-6-14(15)18(16)22-11-20-2/h4-8H,9-12H2,1-3H3. The van der Waals surface area contributed by atoms with Gasteiger partial charge in [-0.05, 0) is 19.8 Å². The van der Waals surface area contributed by atoms with E-state index in [0.717, 1.165) is 35.1 Å². The largest absolute Gasteiger partial charge is 0.467 e. The van der Waals surface area contributed by atoms with Gasteiger partial charge in [0.2, 0.25) is 0 Å². The monoisotopic (exact) mass is 314 g/mol. The summed E-state index contributed by atoms with van der Waals surface area (Å²) in [5.41, 5.74) is 3.71. The third kappa shape index (κ3) is 3.05. The number of methoxy groups -OCH3 is 2. The maximum absolute atomic E-state index is 5.94. The Balaban J connectivity index is 2.23. The average Bonchev–Trinajstić information content (AvgIpc) is 2.58. The predicted octanol–water partition coefficient (Wildman–Crippen LogP) is 3.85. The van der Waals surface area contributed by atoms with Gasteiger partial charge in [0.1, 0.15) is 11.5 Å². The molecule has 0 saturated carbocycles. The number of fused-ring (bicyclic) bond motifs is 2. The minimum absolute atomic E-state index is 0.234. The SMILES string of the molecule is COCOc1c2c(c(OCOC)c3ccccc13)CC(C)=CC2. The molecule has 0 heterocycles.